The van der Waals surface area contributed by atoms with Crippen molar-refractivity contribution in [2.75, 3.05) is 5.32 Å². The molecule has 1 atom stereocenters. The van der Waals surface area contributed by atoms with Crippen molar-refractivity contribution in [2.45, 2.75) is 45.1 Å². The lowest BCUT2D eigenvalue weighted by molar-refractivity contribution is 0.328. The van der Waals surface area contributed by atoms with Crippen molar-refractivity contribution >= 4 is 5.69 Å². The summed E-state index contributed by atoms with van der Waals surface area (Å²) in [5.74, 6) is 1.37. The van der Waals surface area contributed by atoms with Gasteiger partial charge in [0.2, 0.25) is 12.3 Å². The van der Waals surface area contributed by atoms with Gasteiger partial charge in [-0.25, -0.2) is 0 Å². The molecular weight excluding hydrogens is 250 g/mol. The van der Waals surface area contributed by atoms with Crippen LogP contribution < -0.4 is 5.32 Å². The van der Waals surface area contributed by atoms with Crippen LogP contribution in [0.1, 0.15) is 39.0 Å². The van der Waals surface area contributed by atoms with Crippen molar-refractivity contribution < 1.29 is 4.42 Å². The molecule has 0 saturated heterocycles. The highest BCUT2D eigenvalue weighted by molar-refractivity contribution is 5.58. The molecule has 1 N–H and O–H groups in total. The quantitative estimate of drug-likeness (QED) is 0.909. The molecule has 1 aromatic carbocycles. The first kappa shape index (κ1) is 13.2. The van der Waals surface area contributed by atoms with E-state index in [0.717, 1.165) is 17.2 Å². The summed E-state index contributed by atoms with van der Waals surface area (Å²) in [6.07, 6.45) is 8.23. The molecule has 1 aromatic heterocycles. The second kappa shape index (κ2) is 6.07. The van der Waals surface area contributed by atoms with Gasteiger partial charge in [0.15, 0.2) is 0 Å². The Balaban J connectivity index is 1.63. The zero-order valence-corrected chi connectivity index (χ0v) is 11.9. The van der Waals surface area contributed by atoms with Crippen LogP contribution in [0.5, 0.6) is 0 Å². The lowest BCUT2D eigenvalue weighted by Crippen LogP contribution is -2.27. The van der Waals surface area contributed by atoms with Gasteiger partial charge in [-0.3, -0.25) is 0 Å². The SMILES string of the molecule is CC(Nc1ccc(-c2nnco2)cc1)C1CCCCC1. The number of rotatable bonds is 4. The summed E-state index contributed by atoms with van der Waals surface area (Å²) < 4.78 is 5.19. The minimum absolute atomic E-state index is 0.532. The van der Waals surface area contributed by atoms with E-state index >= 15 is 0 Å². The Labute approximate surface area is 119 Å². The lowest BCUT2D eigenvalue weighted by atomic mass is 9.84. The fourth-order valence-electron chi connectivity index (χ4n) is 3.02. The Hall–Kier alpha value is -1.84. The number of benzene rings is 1. The first-order valence-electron chi connectivity index (χ1n) is 7.46. The maximum Gasteiger partial charge on any atom is 0.247 e. The molecule has 1 fully saturated rings. The number of anilines is 1. The number of nitrogens with one attached hydrogen (secondary N) is 1. The van der Waals surface area contributed by atoms with Gasteiger partial charge in [-0.1, -0.05) is 19.3 Å². The fraction of sp³-hybridized carbons (Fsp3) is 0.500. The molecule has 0 amide bonds. The summed E-state index contributed by atoms with van der Waals surface area (Å²) in [4.78, 5) is 0. The normalized spacial score (nSPS) is 17.9. The number of hydrogen-bond acceptors (Lipinski definition) is 4. The van der Waals surface area contributed by atoms with Crippen LogP contribution in [0.2, 0.25) is 0 Å². The van der Waals surface area contributed by atoms with Crippen LogP contribution in [-0.2, 0) is 0 Å². The van der Waals surface area contributed by atoms with Gasteiger partial charge in [0, 0.05) is 17.3 Å². The van der Waals surface area contributed by atoms with E-state index in [4.69, 9.17) is 4.42 Å². The Morgan fingerprint density at radius 3 is 2.55 bits per heavy atom. The van der Waals surface area contributed by atoms with E-state index < -0.39 is 0 Å². The first-order chi connectivity index (χ1) is 9.83. The third-order valence-corrected chi connectivity index (χ3v) is 4.24. The molecule has 1 aliphatic rings. The van der Waals surface area contributed by atoms with Crippen LogP contribution >= 0.6 is 0 Å². The maximum absolute atomic E-state index is 5.19. The molecule has 0 aliphatic heterocycles. The van der Waals surface area contributed by atoms with Gasteiger partial charge in [-0.2, -0.15) is 0 Å². The molecule has 0 bridgehead atoms. The van der Waals surface area contributed by atoms with Crippen molar-refractivity contribution in [1.29, 1.82) is 0 Å². The third kappa shape index (κ3) is 3.00. The first-order valence-corrected chi connectivity index (χ1v) is 7.46. The van der Waals surface area contributed by atoms with Crippen LogP contribution in [0.4, 0.5) is 5.69 Å². The Kier molecular flexibility index (Phi) is 4.00. The van der Waals surface area contributed by atoms with Gasteiger partial charge in [-0.05, 0) is 49.9 Å². The highest BCUT2D eigenvalue weighted by Crippen LogP contribution is 2.28. The molecule has 4 heteroatoms. The lowest BCUT2D eigenvalue weighted by Gasteiger charge is -2.29. The minimum atomic E-state index is 0.532. The molecule has 106 valence electrons. The second-order valence-corrected chi connectivity index (χ2v) is 5.65. The fourth-order valence-corrected chi connectivity index (χ4v) is 3.02. The summed E-state index contributed by atoms with van der Waals surface area (Å²) >= 11 is 0. The van der Waals surface area contributed by atoms with Gasteiger partial charge in [0.25, 0.3) is 0 Å². The predicted molar refractivity (Wildman–Crippen MR) is 79.4 cm³/mol. The molecular formula is C16H21N3O. The second-order valence-electron chi connectivity index (χ2n) is 5.65. The third-order valence-electron chi connectivity index (χ3n) is 4.24. The van der Waals surface area contributed by atoms with Gasteiger partial charge >= 0.3 is 0 Å². The van der Waals surface area contributed by atoms with Gasteiger partial charge in [0.05, 0.1) is 0 Å². The Bertz CT molecular complexity index is 515. The van der Waals surface area contributed by atoms with Crippen molar-refractivity contribution in [1.82, 2.24) is 10.2 Å². The molecule has 0 radical (unpaired) electrons. The molecule has 1 heterocycles. The van der Waals surface area contributed by atoms with Crippen molar-refractivity contribution in [3.05, 3.63) is 30.7 Å². The Morgan fingerprint density at radius 2 is 1.90 bits per heavy atom. The van der Waals surface area contributed by atoms with E-state index in [2.05, 4.69) is 34.6 Å². The molecule has 20 heavy (non-hydrogen) atoms. The average molecular weight is 271 g/mol. The summed E-state index contributed by atoms with van der Waals surface area (Å²) in [6.45, 7) is 2.29. The zero-order chi connectivity index (χ0) is 13.8. The standard InChI is InChI=1S/C16H21N3O/c1-12(13-5-3-2-4-6-13)18-15-9-7-14(8-10-15)16-19-17-11-20-16/h7-13,18H,2-6H2,1H3. The van der Waals surface area contributed by atoms with Crippen LogP contribution in [0.15, 0.2) is 35.1 Å². The zero-order valence-electron chi connectivity index (χ0n) is 11.9. The highest BCUT2D eigenvalue weighted by Gasteiger charge is 2.19. The summed E-state index contributed by atoms with van der Waals surface area (Å²) in [5.41, 5.74) is 2.12. The van der Waals surface area contributed by atoms with Crippen LogP contribution in [-0.4, -0.2) is 16.2 Å². The molecule has 2 aromatic rings. The van der Waals surface area contributed by atoms with Crippen molar-refractivity contribution in [2.24, 2.45) is 5.92 Å². The van der Waals surface area contributed by atoms with E-state index in [1.165, 1.54) is 38.5 Å². The molecule has 4 nitrogen and oxygen atoms in total. The molecule has 1 unspecified atom stereocenters. The largest absolute Gasteiger partial charge is 0.423 e. The molecule has 1 aliphatic carbocycles. The molecule has 0 spiro atoms. The number of nitrogens with zero attached hydrogens (tertiary/aromatic N) is 2. The van der Waals surface area contributed by atoms with Crippen LogP contribution in [0.3, 0.4) is 0 Å². The van der Waals surface area contributed by atoms with E-state index in [1.807, 2.05) is 12.1 Å². The number of aromatic nitrogens is 2. The average Bonchev–Trinajstić information content (AvgIpc) is 3.03. The topological polar surface area (TPSA) is 51.0 Å². The summed E-state index contributed by atoms with van der Waals surface area (Å²) in [6, 6.07) is 8.73. The minimum Gasteiger partial charge on any atom is -0.423 e. The van der Waals surface area contributed by atoms with Gasteiger partial charge in [0.1, 0.15) is 0 Å². The van der Waals surface area contributed by atoms with E-state index in [0.29, 0.717) is 11.9 Å². The van der Waals surface area contributed by atoms with Crippen molar-refractivity contribution in [3.63, 3.8) is 0 Å². The van der Waals surface area contributed by atoms with Crippen LogP contribution in [0, 0.1) is 5.92 Å². The van der Waals surface area contributed by atoms with E-state index in [1.54, 1.807) is 0 Å². The van der Waals surface area contributed by atoms with E-state index in [9.17, 15) is 0 Å². The maximum atomic E-state index is 5.19. The molecule has 1 saturated carbocycles. The van der Waals surface area contributed by atoms with Gasteiger partial charge < -0.3 is 9.73 Å². The van der Waals surface area contributed by atoms with Crippen LogP contribution in [0.25, 0.3) is 11.5 Å². The van der Waals surface area contributed by atoms with E-state index in [-0.39, 0.29) is 0 Å². The summed E-state index contributed by atoms with van der Waals surface area (Å²) in [5, 5.41) is 11.2. The van der Waals surface area contributed by atoms with Crippen molar-refractivity contribution in [3.8, 4) is 11.5 Å². The monoisotopic (exact) mass is 271 g/mol. The molecule has 3 rings (SSSR count). The number of hydrogen-bond donors (Lipinski definition) is 1. The Morgan fingerprint density at radius 1 is 1.15 bits per heavy atom. The van der Waals surface area contributed by atoms with Gasteiger partial charge in [-0.15, -0.1) is 10.2 Å². The summed E-state index contributed by atoms with van der Waals surface area (Å²) in [7, 11) is 0. The highest BCUT2D eigenvalue weighted by atomic mass is 16.4. The predicted octanol–water partition coefficient (Wildman–Crippen LogP) is 4.12. The smallest absolute Gasteiger partial charge is 0.247 e.